The van der Waals surface area contributed by atoms with Gasteiger partial charge in [-0.3, -0.25) is 9.59 Å². The third-order valence-corrected chi connectivity index (χ3v) is 2.03. The number of ether oxygens (including phenoxy) is 1. The fourth-order valence-corrected chi connectivity index (χ4v) is 1.17. The summed E-state index contributed by atoms with van der Waals surface area (Å²) >= 11 is 0. The molecule has 1 N–H and O–H groups in total. The Morgan fingerprint density at radius 1 is 1.47 bits per heavy atom. The van der Waals surface area contributed by atoms with Gasteiger partial charge in [-0.15, -0.1) is 0 Å². The van der Waals surface area contributed by atoms with E-state index >= 15 is 0 Å². The molecule has 0 unspecified atom stereocenters. The molecule has 0 aromatic heterocycles. The van der Waals surface area contributed by atoms with E-state index in [0.29, 0.717) is 23.8 Å². The van der Waals surface area contributed by atoms with Crippen molar-refractivity contribution in [2.45, 2.75) is 13.8 Å². The largest absolute Gasteiger partial charge is 0.484 e. The Labute approximate surface area is 101 Å². The lowest BCUT2D eigenvalue weighted by atomic mass is 10.2. The van der Waals surface area contributed by atoms with Gasteiger partial charge in [-0.2, -0.15) is 0 Å². The molecule has 1 aromatic carbocycles. The Morgan fingerprint density at radius 2 is 2.24 bits per heavy atom. The first-order valence-electron chi connectivity index (χ1n) is 5.49. The average molecular weight is 234 g/mol. The van der Waals surface area contributed by atoms with Crippen molar-refractivity contribution in [1.82, 2.24) is 5.32 Å². The van der Waals surface area contributed by atoms with Crippen LogP contribution in [0.3, 0.4) is 0 Å². The number of rotatable bonds is 6. The van der Waals surface area contributed by atoms with Crippen LogP contribution in [-0.4, -0.2) is 25.3 Å². The monoisotopic (exact) mass is 234 g/mol. The molecule has 1 rings (SSSR count). The maximum Gasteiger partial charge on any atom is 0.257 e. The van der Waals surface area contributed by atoms with Gasteiger partial charge in [-0.25, -0.2) is 0 Å². The fraction of sp³-hybridized carbons (Fsp3) is 0.385. The minimum atomic E-state index is -0.167. The van der Waals surface area contributed by atoms with Gasteiger partial charge in [0.25, 0.3) is 5.91 Å². The van der Waals surface area contributed by atoms with Crippen LogP contribution in [0.2, 0.25) is 0 Å². The summed E-state index contributed by atoms with van der Waals surface area (Å²) in [6.07, 6.45) is 1.76. The van der Waals surface area contributed by atoms with E-state index in [9.17, 15) is 9.59 Å². The predicted molar refractivity (Wildman–Crippen MR) is 64.6 cm³/mol. The topological polar surface area (TPSA) is 55.4 Å². The summed E-state index contributed by atoms with van der Waals surface area (Å²) in [5.74, 6) is 0.733. The minimum absolute atomic E-state index is 0.0466. The molecule has 17 heavy (non-hydrogen) atoms. The van der Waals surface area contributed by atoms with Gasteiger partial charge in [-0.1, -0.05) is 26.0 Å². The number of benzene rings is 1. The molecule has 0 heterocycles. The summed E-state index contributed by atoms with van der Waals surface area (Å²) in [6, 6.07) is 6.54. The highest BCUT2D eigenvalue weighted by Crippen LogP contribution is 2.11. The third kappa shape index (κ3) is 5.15. The summed E-state index contributed by atoms with van der Waals surface area (Å²) in [4.78, 5) is 21.8. The van der Waals surface area contributed by atoms with Crippen molar-refractivity contribution in [2.75, 3.05) is 13.2 Å². The molecule has 4 heteroatoms. The van der Waals surface area contributed by atoms with Crippen LogP contribution in [0.25, 0.3) is 0 Å². The van der Waals surface area contributed by atoms with E-state index < -0.39 is 0 Å². The first-order valence-corrected chi connectivity index (χ1v) is 5.49. The Balaban J connectivity index is 2.39. The Hall–Kier alpha value is -1.84. The number of carbonyl (C=O) groups excluding carboxylic acids is 2. The predicted octanol–water partition coefficient (Wildman–Crippen LogP) is 1.30. The summed E-state index contributed by atoms with van der Waals surface area (Å²) in [5, 5.41) is 2.74. The van der Waals surface area contributed by atoms with Gasteiger partial charge in [-0.05, 0) is 18.1 Å². The van der Waals surface area contributed by atoms with Gasteiger partial charge < -0.3 is 10.1 Å². The second-order valence-corrected chi connectivity index (χ2v) is 4.12. The Bertz CT molecular complexity index is 388. The molecule has 0 fully saturated rings. The molecule has 1 amide bonds. The van der Waals surface area contributed by atoms with Gasteiger partial charge in [0.2, 0.25) is 6.29 Å². The van der Waals surface area contributed by atoms with Crippen LogP contribution in [0.15, 0.2) is 24.3 Å². The first-order chi connectivity index (χ1) is 8.11. The van der Waals surface area contributed by atoms with Crippen LogP contribution >= 0.6 is 0 Å². The summed E-state index contributed by atoms with van der Waals surface area (Å²) in [6.45, 7) is 4.62. The maximum atomic E-state index is 11.4. The average Bonchev–Trinajstić information content (AvgIpc) is 2.34. The second-order valence-electron chi connectivity index (χ2n) is 4.12. The number of amides is 1. The van der Waals surface area contributed by atoms with Crippen LogP contribution in [0.5, 0.6) is 5.75 Å². The maximum absolute atomic E-state index is 11.4. The molecule has 0 saturated carbocycles. The van der Waals surface area contributed by atoms with Crippen LogP contribution in [-0.2, 0) is 9.59 Å². The Morgan fingerprint density at radius 3 is 2.88 bits per heavy atom. The minimum Gasteiger partial charge on any atom is -0.484 e. The SMILES string of the molecule is CC(C)CNC(=O)COc1cccc([C]=O)c1. The van der Waals surface area contributed by atoms with E-state index in [1.807, 2.05) is 13.8 Å². The summed E-state index contributed by atoms with van der Waals surface area (Å²) in [5.41, 5.74) is 0.407. The lowest BCUT2D eigenvalue weighted by molar-refractivity contribution is -0.123. The third-order valence-electron chi connectivity index (χ3n) is 2.03. The molecule has 1 radical (unpaired) electrons. The van der Waals surface area contributed by atoms with E-state index in [2.05, 4.69) is 5.32 Å². The number of nitrogens with one attached hydrogen (secondary N) is 1. The quantitative estimate of drug-likeness (QED) is 0.807. The van der Waals surface area contributed by atoms with Crippen LogP contribution in [0, 0.1) is 5.92 Å². The van der Waals surface area contributed by atoms with Crippen molar-refractivity contribution >= 4 is 12.2 Å². The lowest BCUT2D eigenvalue weighted by Crippen LogP contribution is -2.31. The Kier molecular flexibility index (Phi) is 5.20. The smallest absolute Gasteiger partial charge is 0.257 e. The first kappa shape index (κ1) is 13.2. The summed E-state index contributed by atoms with van der Waals surface area (Å²) < 4.78 is 5.25. The standard InChI is InChI=1S/C13H16NO3/c1-10(2)7-14-13(16)9-17-12-5-3-4-11(6-12)8-15/h3-6,10H,7,9H2,1-2H3,(H,14,16). The van der Waals surface area contributed by atoms with Gasteiger partial charge in [0.1, 0.15) is 5.75 Å². The van der Waals surface area contributed by atoms with E-state index in [4.69, 9.17) is 4.74 Å². The van der Waals surface area contributed by atoms with Gasteiger partial charge in [0.15, 0.2) is 6.61 Å². The summed E-state index contributed by atoms with van der Waals surface area (Å²) in [7, 11) is 0. The highest BCUT2D eigenvalue weighted by atomic mass is 16.5. The van der Waals surface area contributed by atoms with Crippen molar-refractivity contribution in [3.8, 4) is 5.75 Å². The lowest BCUT2D eigenvalue weighted by Gasteiger charge is -2.09. The van der Waals surface area contributed by atoms with Crippen molar-refractivity contribution in [2.24, 2.45) is 5.92 Å². The van der Waals surface area contributed by atoms with E-state index in [-0.39, 0.29) is 12.5 Å². The van der Waals surface area contributed by atoms with Gasteiger partial charge in [0, 0.05) is 12.1 Å². The zero-order chi connectivity index (χ0) is 12.7. The number of hydrogen-bond donors (Lipinski definition) is 1. The molecule has 0 saturated heterocycles. The molecule has 0 aliphatic heterocycles. The normalized spacial score (nSPS) is 10.1. The van der Waals surface area contributed by atoms with E-state index in [1.54, 1.807) is 30.6 Å². The van der Waals surface area contributed by atoms with E-state index in [0.717, 1.165) is 0 Å². The van der Waals surface area contributed by atoms with Crippen molar-refractivity contribution in [3.63, 3.8) is 0 Å². The van der Waals surface area contributed by atoms with Crippen molar-refractivity contribution in [3.05, 3.63) is 29.8 Å². The molecule has 0 atom stereocenters. The van der Waals surface area contributed by atoms with Gasteiger partial charge >= 0.3 is 0 Å². The van der Waals surface area contributed by atoms with E-state index in [1.165, 1.54) is 0 Å². The fourth-order valence-electron chi connectivity index (χ4n) is 1.17. The zero-order valence-electron chi connectivity index (χ0n) is 10.0. The molecule has 4 nitrogen and oxygen atoms in total. The number of carbonyl (C=O) groups is 1. The number of hydrogen-bond acceptors (Lipinski definition) is 3. The molecule has 0 aliphatic rings. The molecule has 0 bridgehead atoms. The van der Waals surface area contributed by atoms with Crippen LogP contribution < -0.4 is 10.1 Å². The molecule has 1 aromatic rings. The van der Waals surface area contributed by atoms with Crippen LogP contribution in [0.4, 0.5) is 0 Å². The van der Waals surface area contributed by atoms with Gasteiger partial charge in [0.05, 0.1) is 0 Å². The molecule has 0 aliphatic carbocycles. The second kappa shape index (κ2) is 6.68. The highest BCUT2D eigenvalue weighted by molar-refractivity contribution is 5.78. The van der Waals surface area contributed by atoms with Crippen LogP contribution in [0.1, 0.15) is 19.4 Å². The molecule has 91 valence electrons. The molecular weight excluding hydrogens is 218 g/mol. The molecular formula is C13H16NO3. The van der Waals surface area contributed by atoms with Crippen molar-refractivity contribution < 1.29 is 14.3 Å². The van der Waals surface area contributed by atoms with Crippen molar-refractivity contribution in [1.29, 1.82) is 0 Å². The zero-order valence-corrected chi connectivity index (χ0v) is 10.0. The highest BCUT2D eigenvalue weighted by Gasteiger charge is 2.03. The molecule has 0 spiro atoms.